The first kappa shape index (κ1) is 14.7. The fourth-order valence-electron chi connectivity index (χ4n) is 2.35. The molecule has 1 saturated carbocycles. The van der Waals surface area contributed by atoms with Crippen LogP contribution in [0, 0.1) is 0 Å². The van der Waals surface area contributed by atoms with E-state index in [1.54, 1.807) is 18.2 Å². The van der Waals surface area contributed by atoms with Gasteiger partial charge in [0.05, 0.1) is 24.1 Å². The molecule has 2 N–H and O–H groups in total. The number of hydrogen-bond donors (Lipinski definition) is 2. The molecule has 0 heterocycles. The standard InChI is InChI=1S/C14H16ClNO4/c1-20-11-7-9(3-4-10(11)15)13(19)16-14(5-2-6-14)8-12(17)18/h3-4,7H,2,5-6,8H2,1H3,(H,16,19)(H,17,18). The molecule has 5 nitrogen and oxygen atoms in total. The monoisotopic (exact) mass is 297 g/mol. The Balaban J connectivity index is 2.13. The zero-order valence-corrected chi connectivity index (χ0v) is 11.9. The second kappa shape index (κ2) is 5.71. The first-order valence-electron chi connectivity index (χ1n) is 6.34. The van der Waals surface area contributed by atoms with Crippen LogP contribution in [0.3, 0.4) is 0 Å². The smallest absolute Gasteiger partial charge is 0.305 e. The van der Waals surface area contributed by atoms with Gasteiger partial charge in [-0.05, 0) is 37.5 Å². The van der Waals surface area contributed by atoms with E-state index in [0.717, 1.165) is 6.42 Å². The molecule has 6 heteroatoms. The Hall–Kier alpha value is -1.75. The molecule has 0 spiro atoms. The maximum Gasteiger partial charge on any atom is 0.305 e. The third-order valence-corrected chi connectivity index (χ3v) is 3.90. The molecule has 0 saturated heterocycles. The van der Waals surface area contributed by atoms with Crippen LogP contribution in [-0.4, -0.2) is 29.6 Å². The third-order valence-electron chi connectivity index (χ3n) is 3.59. The minimum absolute atomic E-state index is 0.0521. The van der Waals surface area contributed by atoms with E-state index in [0.29, 0.717) is 29.2 Å². The minimum Gasteiger partial charge on any atom is -0.495 e. The molecule has 1 aromatic carbocycles. The lowest BCUT2D eigenvalue weighted by Crippen LogP contribution is -2.54. The predicted molar refractivity (Wildman–Crippen MR) is 74.3 cm³/mol. The number of carbonyl (C=O) groups excluding carboxylic acids is 1. The zero-order valence-electron chi connectivity index (χ0n) is 11.1. The van der Waals surface area contributed by atoms with Gasteiger partial charge in [0.25, 0.3) is 5.91 Å². The highest BCUT2D eigenvalue weighted by Gasteiger charge is 2.40. The molecule has 1 aliphatic carbocycles. The van der Waals surface area contributed by atoms with Crippen molar-refractivity contribution in [2.45, 2.75) is 31.2 Å². The molecule has 1 aromatic rings. The molecule has 1 aliphatic rings. The number of benzene rings is 1. The Labute approximate surface area is 121 Å². The first-order chi connectivity index (χ1) is 9.46. The quantitative estimate of drug-likeness (QED) is 0.875. The number of halogens is 1. The van der Waals surface area contributed by atoms with Crippen LogP contribution in [0.5, 0.6) is 5.75 Å². The lowest BCUT2D eigenvalue weighted by atomic mass is 9.74. The summed E-state index contributed by atoms with van der Waals surface area (Å²) in [5.74, 6) is -0.792. The summed E-state index contributed by atoms with van der Waals surface area (Å²) >= 11 is 5.91. The average molecular weight is 298 g/mol. The van der Waals surface area contributed by atoms with Gasteiger partial charge in [0.15, 0.2) is 0 Å². The zero-order chi connectivity index (χ0) is 14.8. The number of carbonyl (C=O) groups is 2. The van der Waals surface area contributed by atoms with Crippen molar-refractivity contribution in [2.75, 3.05) is 7.11 Å². The highest BCUT2D eigenvalue weighted by atomic mass is 35.5. The minimum atomic E-state index is -0.904. The second-order valence-electron chi connectivity index (χ2n) is 5.01. The van der Waals surface area contributed by atoms with Gasteiger partial charge in [0, 0.05) is 5.56 Å². The van der Waals surface area contributed by atoms with Crippen LogP contribution in [0.1, 0.15) is 36.0 Å². The number of rotatable bonds is 5. The van der Waals surface area contributed by atoms with E-state index >= 15 is 0 Å². The molecule has 0 unspecified atom stereocenters. The Bertz CT molecular complexity index is 540. The van der Waals surface area contributed by atoms with Crippen molar-refractivity contribution >= 4 is 23.5 Å². The van der Waals surface area contributed by atoms with Crippen LogP contribution in [-0.2, 0) is 4.79 Å². The van der Waals surface area contributed by atoms with Gasteiger partial charge in [-0.1, -0.05) is 11.6 Å². The highest BCUT2D eigenvalue weighted by molar-refractivity contribution is 6.32. The van der Waals surface area contributed by atoms with Crippen molar-refractivity contribution in [3.63, 3.8) is 0 Å². The van der Waals surface area contributed by atoms with E-state index < -0.39 is 11.5 Å². The average Bonchev–Trinajstić information content (AvgIpc) is 2.36. The van der Waals surface area contributed by atoms with E-state index in [-0.39, 0.29) is 12.3 Å². The number of amides is 1. The molecule has 0 radical (unpaired) electrons. The van der Waals surface area contributed by atoms with Crippen LogP contribution in [0.2, 0.25) is 5.02 Å². The molecule has 1 amide bonds. The number of ether oxygens (including phenoxy) is 1. The van der Waals surface area contributed by atoms with Gasteiger partial charge < -0.3 is 15.2 Å². The first-order valence-corrected chi connectivity index (χ1v) is 6.71. The van der Waals surface area contributed by atoms with Gasteiger partial charge in [-0.25, -0.2) is 0 Å². The summed E-state index contributed by atoms with van der Waals surface area (Å²) in [6.45, 7) is 0. The molecular formula is C14H16ClNO4. The van der Waals surface area contributed by atoms with Gasteiger partial charge in [0.1, 0.15) is 5.75 Å². The normalized spacial score (nSPS) is 16.1. The number of aliphatic carboxylic acids is 1. The Morgan fingerprint density at radius 1 is 1.45 bits per heavy atom. The van der Waals surface area contributed by atoms with E-state index in [4.69, 9.17) is 21.4 Å². The third kappa shape index (κ3) is 3.04. The van der Waals surface area contributed by atoms with Crippen LogP contribution in [0.25, 0.3) is 0 Å². The largest absolute Gasteiger partial charge is 0.495 e. The lowest BCUT2D eigenvalue weighted by molar-refractivity contribution is -0.139. The van der Waals surface area contributed by atoms with Crippen molar-refractivity contribution < 1.29 is 19.4 Å². The van der Waals surface area contributed by atoms with E-state index in [1.165, 1.54) is 7.11 Å². The molecule has 0 atom stereocenters. The number of hydrogen-bond acceptors (Lipinski definition) is 3. The summed E-state index contributed by atoms with van der Waals surface area (Å²) in [5, 5.41) is 12.2. The summed E-state index contributed by atoms with van der Waals surface area (Å²) in [7, 11) is 1.47. The van der Waals surface area contributed by atoms with Crippen LogP contribution >= 0.6 is 11.6 Å². The van der Waals surface area contributed by atoms with Crippen LogP contribution < -0.4 is 10.1 Å². The molecule has 108 valence electrons. The fraction of sp³-hybridized carbons (Fsp3) is 0.429. The van der Waals surface area contributed by atoms with Crippen molar-refractivity contribution in [3.8, 4) is 5.75 Å². The van der Waals surface area contributed by atoms with Gasteiger partial charge in [-0.2, -0.15) is 0 Å². The maximum atomic E-state index is 12.2. The van der Waals surface area contributed by atoms with Gasteiger partial charge in [-0.15, -0.1) is 0 Å². The molecule has 2 rings (SSSR count). The molecule has 0 aromatic heterocycles. The van der Waals surface area contributed by atoms with E-state index in [9.17, 15) is 9.59 Å². The summed E-state index contributed by atoms with van der Waals surface area (Å²) in [6, 6.07) is 4.72. The van der Waals surface area contributed by atoms with E-state index in [1.807, 2.05) is 0 Å². The van der Waals surface area contributed by atoms with Crippen molar-refractivity contribution in [2.24, 2.45) is 0 Å². The Morgan fingerprint density at radius 2 is 2.15 bits per heavy atom. The van der Waals surface area contributed by atoms with Crippen molar-refractivity contribution in [1.29, 1.82) is 0 Å². The van der Waals surface area contributed by atoms with Gasteiger partial charge in [-0.3, -0.25) is 9.59 Å². The number of carboxylic acid groups (broad SMARTS) is 1. The summed E-state index contributed by atoms with van der Waals surface area (Å²) < 4.78 is 5.06. The van der Waals surface area contributed by atoms with Gasteiger partial charge >= 0.3 is 5.97 Å². The van der Waals surface area contributed by atoms with Crippen molar-refractivity contribution in [3.05, 3.63) is 28.8 Å². The van der Waals surface area contributed by atoms with Crippen molar-refractivity contribution in [1.82, 2.24) is 5.32 Å². The fourth-order valence-corrected chi connectivity index (χ4v) is 2.55. The highest BCUT2D eigenvalue weighted by Crippen LogP contribution is 2.35. The molecule has 20 heavy (non-hydrogen) atoms. The summed E-state index contributed by atoms with van der Waals surface area (Å²) in [4.78, 5) is 23.1. The lowest BCUT2D eigenvalue weighted by Gasteiger charge is -2.41. The van der Waals surface area contributed by atoms with Gasteiger partial charge in [0.2, 0.25) is 0 Å². The molecule has 0 bridgehead atoms. The topological polar surface area (TPSA) is 75.6 Å². The molecule has 1 fully saturated rings. The molecule has 0 aliphatic heterocycles. The number of nitrogens with one attached hydrogen (secondary N) is 1. The van der Waals surface area contributed by atoms with Crippen LogP contribution in [0.15, 0.2) is 18.2 Å². The van der Waals surface area contributed by atoms with E-state index in [2.05, 4.69) is 5.32 Å². The Morgan fingerprint density at radius 3 is 2.65 bits per heavy atom. The predicted octanol–water partition coefficient (Wildman–Crippen LogP) is 2.48. The summed E-state index contributed by atoms with van der Waals surface area (Å²) in [5.41, 5.74) is -0.210. The molecular weight excluding hydrogens is 282 g/mol. The maximum absolute atomic E-state index is 12.2. The van der Waals surface area contributed by atoms with Crippen LogP contribution in [0.4, 0.5) is 0 Å². The number of methoxy groups -OCH3 is 1. The summed E-state index contributed by atoms with van der Waals surface area (Å²) in [6.07, 6.45) is 2.26. The SMILES string of the molecule is COc1cc(C(=O)NC2(CC(=O)O)CCC2)ccc1Cl. The Kier molecular flexibility index (Phi) is 4.18. The second-order valence-corrected chi connectivity index (χ2v) is 5.42. The number of carboxylic acids is 1.